The van der Waals surface area contributed by atoms with Crippen molar-refractivity contribution in [3.63, 3.8) is 0 Å². The second kappa shape index (κ2) is 7.99. The maximum atomic E-state index is 11.7. The van der Waals surface area contributed by atoms with E-state index in [9.17, 15) is 4.79 Å². The lowest BCUT2D eigenvalue weighted by Crippen LogP contribution is -2.51. The number of nitrogens with two attached hydrogens (primary N) is 1. The predicted molar refractivity (Wildman–Crippen MR) is 96.4 cm³/mol. The first kappa shape index (κ1) is 17.2. The van der Waals surface area contributed by atoms with Crippen LogP contribution >= 0.6 is 0 Å². The molecular weight excluding hydrogens is 302 g/mol. The van der Waals surface area contributed by atoms with Crippen LogP contribution in [0, 0.1) is 0 Å². The van der Waals surface area contributed by atoms with Gasteiger partial charge in [-0.25, -0.2) is 4.79 Å². The lowest BCUT2D eigenvalue weighted by molar-refractivity contribution is 0.0526. The summed E-state index contributed by atoms with van der Waals surface area (Å²) in [7, 11) is 0. The van der Waals surface area contributed by atoms with Crippen LogP contribution in [-0.4, -0.2) is 43.8 Å². The molecule has 1 saturated heterocycles. The van der Waals surface area contributed by atoms with Gasteiger partial charge in [-0.2, -0.15) is 0 Å². The third-order valence-corrected chi connectivity index (χ3v) is 5.20. The molecule has 0 aromatic heterocycles. The zero-order valence-corrected chi connectivity index (χ0v) is 14.5. The summed E-state index contributed by atoms with van der Waals surface area (Å²) in [6.45, 7) is 4.27. The fraction of sp³-hybridized carbons (Fsp3) is 0.632. The van der Waals surface area contributed by atoms with Crippen LogP contribution in [0.4, 0.5) is 5.69 Å². The van der Waals surface area contributed by atoms with Gasteiger partial charge >= 0.3 is 5.97 Å². The third-order valence-electron chi connectivity index (χ3n) is 5.20. The first-order valence-electron chi connectivity index (χ1n) is 9.21. The second-order valence-electron chi connectivity index (χ2n) is 6.92. The minimum Gasteiger partial charge on any atom is -0.462 e. The molecular formula is C19H29N3O2. The fourth-order valence-corrected chi connectivity index (χ4v) is 3.82. The monoisotopic (exact) mass is 331 g/mol. The summed E-state index contributed by atoms with van der Waals surface area (Å²) in [5, 5.41) is 3.77. The number of nitrogens with zero attached hydrogens (tertiary/aromatic N) is 1. The lowest BCUT2D eigenvalue weighted by Gasteiger charge is -2.32. The Morgan fingerprint density at radius 2 is 2.00 bits per heavy atom. The van der Waals surface area contributed by atoms with Crippen molar-refractivity contribution in [2.45, 2.75) is 57.2 Å². The van der Waals surface area contributed by atoms with Gasteiger partial charge in [-0.05, 0) is 50.5 Å². The Morgan fingerprint density at radius 1 is 1.25 bits per heavy atom. The molecule has 132 valence electrons. The van der Waals surface area contributed by atoms with Crippen LogP contribution < -0.4 is 16.0 Å². The van der Waals surface area contributed by atoms with E-state index in [1.165, 1.54) is 24.9 Å². The van der Waals surface area contributed by atoms with Gasteiger partial charge in [0.2, 0.25) is 0 Å². The Morgan fingerprint density at radius 3 is 2.71 bits per heavy atom. The number of hydrogen-bond donors (Lipinski definition) is 2. The van der Waals surface area contributed by atoms with Gasteiger partial charge in [0.1, 0.15) is 0 Å². The highest BCUT2D eigenvalue weighted by Crippen LogP contribution is 2.23. The van der Waals surface area contributed by atoms with Gasteiger partial charge < -0.3 is 20.7 Å². The van der Waals surface area contributed by atoms with Crippen molar-refractivity contribution in [2.75, 3.05) is 24.6 Å². The largest absolute Gasteiger partial charge is 0.462 e. The number of rotatable bonds is 5. The normalized spacial score (nSPS) is 27.2. The lowest BCUT2D eigenvalue weighted by atomic mass is 9.90. The number of hydrogen-bond acceptors (Lipinski definition) is 5. The predicted octanol–water partition coefficient (Wildman–Crippen LogP) is 2.30. The minimum atomic E-state index is -0.253. The van der Waals surface area contributed by atoms with E-state index in [2.05, 4.69) is 10.2 Å². The molecule has 3 atom stereocenters. The summed E-state index contributed by atoms with van der Waals surface area (Å²) in [6, 6.07) is 9.01. The molecule has 0 bridgehead atoms. The maximum absolute atomic E-state index is 11.7. The van der Waals surface area contributed by atoms with Crippen LogP contribution in [0.2, 0.25) is 0 Å². The highest BCUT2D eigenvalue weighted by molar-refractivity contribution is 5.89. The van der Waals surface area contributed by atoms with Gasteiger partial charge in [0.05, 0.1) is 12.2 Å². The van der Waals surface area contributed by atoms with Crippen molar-refractivity contribution in [2.24, 2.45) is 5.73 Å². The summed E-state index contributed by atoms with van der Waals surface area (Å²) in [6.07, 6.45) is 6.04. The molecule has 1 unspecified atom stereocenters. The molecule has 3 rings (SSSR count). The summed E-state index contributed by atoms with van der Waals surface area (Å²) in [4.78, 5) is 14.1. The van der Waals surface area contributed by atoms with Crippen molar-refractivity contribution in [1.29, 1.82) is 0 Å². The van der Waals surface area contributed by atoms with Crippen LogP contribution in [0.15, 0.2) is 24.3 Å². The van der Waals surface area contributed by atoms with Gasteiger partial charge in [-0.15, -0.1) is 0 Å². The summed E-state index contributed by atoms with van der Waals surface area (Å²) < 4.78 is 5.03. The topological polar surface area (TPSA) is 67.6 Å². The molecule has 1 aromatic rings. The minimum absolute atomic E-state index is 0.253. The summed E-state index contributed by atoms with van der Waals surface area (Å²) >= 11 is 0. The fourth-order valence-electron chi connectivity index (χ4n) is 3.82. The zero-order chi connectivity index (χ0) is 16.9. The first-order chi connectivity index (χ1) is 11.7. The Kier molecular flexibility index (Phi) is 5.74. The average Bonchev–Trinajstić information content (AvgIpc) is 3.06. The molecule has 2 aliphatic rings. The molecule has 1 heterocycles. The van der Waals surface area contributed by atoms with E-state index in [1.54, 1.807) is 0 Å². The molecule has 5 nitrogen and oxygen atoms in total. The van der Waals surface area contributed by atoms with Crippen molar-refractivity contribution in [1.82, 2.24) is 5.32 Å². The van der Waals surface area contributed by atoms with Crippen LogP contribution in [0.1, 0.15) is 49.4 Å². The van der Waals surface area contributed by atoms with Crippen LogP contribution in [0.3, 0.4) is 0 Å². The molecule has 5 heteroatoms. The molecule has 3 N–H and O–H groups in total. The van der Waals surface area contributed by atoms with Crippen molar-refractivity contribution in [3.05, 3.63) is 29.8 Å². The van der Waals surface area contributed by atoms with Gasteiger partial charge in [0, 0.05) is 36.9 Å². The number of benzene rings is 1. The van der Waals surface area contributed by atoms with E-state index in [0.29, 0.717) is 30.3 Å². The highest BCUT2D eigenvalue weighted by Gasteiger charge is 2.28. The highest BCUT2D eigenvalue weighted by atomic mass is 16.5. The molecule has 2 fully saturated rings. The van der Waals surface area contributed by atoms with Crippen LogP contribution in [0.5, 0.6) is 0 Å². The maximum Gasteiger partial charge on any atom is 0.338 e. The molecule has 1 saturated carbocycles. The Balaban J connectivity index is 1.54. The second-order valence-corrected chi connectivity index (χ2v) is 6.92. The quantitative estimate of drug-likeness (QED) is 0.811. The molecule has 1 aliphatic carbocycles. The van der Waals surface area contributed by atoms with Gasteiger partial charge in [-0.1, -0.05) is 12.8 Å². The van der Waals surface area contributed by atoms with Gasteiger partial charge in [0.25, 0.3) is 0 Å². The van der Waals surface area contributed by atoms with Gasteiger partial charge in [0.15, 0.2) is 0 Å². The number of nitrogens with one attached hydrogen (secondary N) is 1. The molecule has 1 aliphatic heterocycles. The van der Waals surface area contributed by atoms with Crippen LogP contribution in [-0.2, 0) is 4.74 Å². The van der Waals surface area contributed by atoms with E-state index in [4.69, 9.17) is 10.5 Å². The molecule has 0 radical (unpaired) electrons. The van der Waals surface area contributed by atoms with Crippen LogP contribution in [0.25, 0.3) is 0 Å². The van der Waals surface area contributed by atoms with Crippen molar-refractivity contribution < 1.29 is 9.53 Å². The van der Waals surface area contributed by atoms with Gasteiger partial charge in [-0.3, -0.25) is 0 Å². The smallest absolute Gasteiger partial charge is 0.338 e. The Labute approximate surface area is 144 Å². The molecule has 0 spiro atoms. The van der Waals surface area contributed by atoms with Crippen molar-refractivity contribution in [3.8, 4) is 0 Å². The Bertz CT molecular complexity index is 546. The SMILES string of the molecule is CCOC(=O)c1ccc(N2CCC(N[C@@H]3CCCC[C@H]3N)C2)cc1. The van der Waals surface area contributed by atoms with E-state index in [0.717, 1.165) is 25.9 Å². The van der Waals surface area contributed by atoms with E-state index >= 15 is 0 Å². The number of esters is 1. The standard InChI is InChI=1S/C19H29N3O2/c1-2-24-19(23)14-7-9-16(10-8-14)22-12-11-15(13-22)21-18-6-4-3-5-17(18)20/h7-10,15,17-18,21H,2-6,11-13,20H2,1H3/t15?,17-,18-/m1/s1. The summed E-state index contributed by atoms with van der Waals surface area (Å²) in [5.41, 5.74) is 8.03. The average molecular weight is 331 g/mol. The first-order valence-corrected chi connectivity index (χ1v) is 9.21. The molecule has 1 aromatic carbocycles. The summed E-state index contributed by atoms with van der Waals surface area (Å²) in [5.74, 6) is -0.253. The van der Waals surface area contributed by atoms with E-state index in [1.807, 2.05) is 31.2 Å². The van der Waals surface area contributed by atoms with E-state index in [-0.39, 0.29) is 5.97 Å². The zero-order valence-electron chi connectivity index (χ0n) is 14.5. The number of ether oxygens (including phenoxy) is 1. The molecule has 0 amide bonds. The van der Waals surface area contributed by atoms with E-state index < -0.39 is 0 Å². The number of carbonyl (C=O) groups excluding carboxylic acids is 1. The number of carbonyl (C=O) groups is 1. The third kappa shape index (κ3) is 4.08. The number of anilines is 1. The Hall–Kier alpha value is -1.59. The molecule has 24 heavy (non-hydrogen) atoms. The van der Waals surface area contributed by atoms with Crippen molar-refractivity contribution >= 4 is 11.7 Å².